The fourth-order valence-corrected chi connectivity index (χ4v) is 3.32. The topological polar surface area (TPSA) is 28.2 Å². The molecule has 1 atom stereocenters. The molecular formula is C14H22Cl3N3. The number of nitrogens with one attached hydrogen (secondary N) is 1. The van der Waals surface area contributed by atoms with Crippen LogP contribution < -0.4 is 5.32 Å². The third-order valence-corrected chi connectivity index (χ3v) is 4.58. The summed E-state index contributed by atoms with van der Waals surface area (Å²) in [5.41, 5.74) is 1.28. The Kier molecular flexibility index (Phi) is 7.56. The lowest BCUT2D eigenvalue weighted by atomic mass is 9.76. The maximum absolute atomic E-state index is 6.36. The number of hydrogen-bond acceptors (Lipinski definition) is 3. The molecule has 1 aliphatic heterocycles. The van der Waals surface area contributed by atoms with Crippen LogP contribution in [0, 0.1) is 5.92 Å². The van der Waals surface area contributed by atoms with Crippen LogP contribution in [0.1, 0.15) is 30.9 Å². The lowest BCUT2D eigenvalue weighted by Gasteiger charge is -2.43. The molecule has 0 amide bonds. The lowest BCUT2D eigenvalue weighted by Crippen LogP contribution is -2.47. The summed E-state index contributed by atoms with van der Waals surface area (Å²) in [7, 11) is 0. The predicted molar refractivity (Wildman–Crippen MR) is 88.3 cm³/mol. The second-order valence-corrected chi connectivity index (χ2v) is 5.73. The zero-order valence-corrected chi connectivity index (χ0v) is 13.8. The number of halogens is 3. The number of aromatic nitrogens is 1. The summed E-state index contributed by atoms with van der Waals surface area (Å²) >= 11 is 6.36. The van der Waals surface area contributed by atoms with Gasteiger partial charge in [0.15, 0.2) is 0 Å². The van der Waals surface area contributed by atoms with Crippen molar-refractivity contribution in [2.24, 2.45) is 5.92 Å². The summed E-state index contributed by atoms with van der Waals surface area (Å²) in [5.74, 6) is 0.781. The van der Waals surface area contributed by atoms with Gasteiger partial charge in [-0.15, -0.1) is 24.8 Å². The Morgan fingerprint density at radius 2 is 1.95 bits per heavy atom. The van der Waals surface area contributed by atoms with Crippen molar-refractivity contribution < 1.29 is 0 Å². The van der Waals surface area contributed by atoms with Gasteiger partial charge >= 0.3 is 0 Å². The molecule has 0 radical (unpaired) electrons. The minimum absolute atomic E-state index is 0. The van der Waals surface area contributed by atoms with E-state index in [1.807, 2.05) is 6.20 Å². The molecule has 3 nitrogen and oxygen atoms in total. The van der Waals surface area contributed by atoms with Crippen LogP contribution in [0.3, 0.4) is 0 Å². The highest BCUT2D eigenvalue weighted by atomic mass is 35.5. The molecule has 2 fully saturated rings. The molecule has 0 spiro atoms. The Balaban J connectivity index is 0.000001000. The first-order valence-corrected chi connectivity index (χ1v) is 7.28. The standard InChI is InChI=1S/C14H20ClN3.2ClH/c15-13-10-17-5-4-12(13)14(11-2-1-3-11)18-8-6-16-7-9-18;;/h4-5,10-11,14,16H,1-3,6-9H2;2*1H/t14-;;/m0../s1. The van der Waals surface area contributed by atoms with Crippen molar-refractivity contribution in [2.45, 2.75) is 25.3 Å². The van der Waals surface area contributed by atoms with Crippen molar-refractivity contribution in [2.75, 3.05) is 26.2 Å². The largest absolute Gasteiger partial charge is 0.314 e. The summed E-state index contributed by atoms with van der Waals surface area (Å²) in [6.45, 7) is 4.43. The van der Waals surface area contributed by atoms with E-state index in [9.17, 15) is 0 Å². The van der Waals surface area contributed by atoms with Crippen LogP contribution in [0.15, 0.2) is 18.5 Å². The average Bonchev–Trinajstić information content (AvgIpc) is 2.36. The van der Waals surface area contributed by atoms with E-state index in [0.717, 1.165) is 37.1 Å². The number of hydrogen-bond donors (Lipinski definition) is 1. The highest BCUT2D eigenvalue weighted by molar-refractivity contribution is 6.31. The van der Waals surface area contributed by atoms with Gasteiger partial charge in [0.1, 0.15) is 0 Å². The fraction of sp³-hybridized carbons (Fsp3) is 0.643. The Bertz CT molecular complexity index is 406. The van der Waals surface area contributed by atoms with Gasteiger partial charge in [0.25, 0.3) is 0 Å². The normalized spacial score (nSPS) is 21.2. The van der Waals surface area contributed by atoms with Crippen LogP contribution >= 0.6 is 36.4 Å². The van der Waals surface area contributed by atoms with Crippen molar-refractivity contribution in [3.8, 4) is 0 Å². The van der Waals surface area contributed by atoms with Gasteiger partial charge in [0.2, 0.25) is 0 Å². The van der Waals surface area contributed by atoms with E-state index in [1.165, 1.54) is 24.8 Å². The summed E-state index contributed by atoms with van der Waals surface area (Å²) in [6.07, 6.45) is 7.70. The van der Waals surface area contributed by atoms with Crippen LogP contribution in [0.2, 0.25) is 5.02 Å². The van der Waals surface area contributed by atoms with E-state index in [1.54, 1.807) is 6.20 Å². The van der Waals surface area contributed by atoms with Crippen molar-refractivity contribution >= 4 is 36.4 Å². The first-order chi connectivity index (χ1) is 8.86. The lowest BCUT2D eigenvalue weighted by molar-refractivity contribution is 0.0837. The molecule has 2 aliphatic rings. The molecule has 3 rings (SSSR count). The summed E-state index contributed by atoms with van der Waals surface area (Å²) in [6, 6.07) is 2.60. The summed E-state index contributed by atoms with van der Waals surface area (Å²) in [5, 5.41) is 4.25. The van der Waals surface area contributed by atoms with Crippen LogP contribution in [0.5, 0.6) is 0 Å². The Hall–Kier alpha value is -0.0600. The van der Waals surface area contributed by atoms with E-state index < -0.39 is 0 Å². The minimum atomic E-state index is 0. The van der Waals surface area contributed by atoms with Crippen LogP contribution in [0.25, 0.3) is 0 Å². The zero-order valence-electron chi connectivity index (χ0n) is 11.4. The summed E-state index contributed by atoms with van der Waals surface area (Å²) in [4.78, 5) is 6.71. The predicted octanol–water partition coefficient (Wildman–Crippen LogP) is 3.33. The van der Waals surface area contributed by atoms with Gasteiger partial charge in [-0.3, -0.25) is 9.88 Å². The molecule has 1 aromatic heterocycles. The maximum atomic E-state index is 6.36. The molecule has 1 N–H and O–H groups in total. The molecule has 114 valence electrons. The third-order valence-electron chi connectivity index (χ3n) is 4.26. The fourth-order valence-electron chi connectivity index (χ4n) is 3.09. The van der Waals surface area contributed by atoms with E-state index in [0.29, 0.717) is 6.04 Å². The van der Waals surface area contributed by atoms with Gasteiger partial charge in [-0.2, -0.15) is 0 Å². The Labute approximate surface area is 138 Å². The molecule has 2 heterocycles. The van der Waals surface area contributed by atoms with Gasteiger partial charge in [-0.05, 0) is 30.4 Å². The molecule has 0 aromatic carbocycles. The molecule has 20 heavy (non-hydrogen) atoms. The number of nitrogens with zero attached hydrogens (tertiary/aromatic N) is 2. The zero-order chi connectivity index (χ0) is 12.4. The smallest absolute Gasteiger partial charge is 0.0637 e. The third kappa shape index (κ3) is 3.77. The van der Waals surface area contributed by atoms with E-state index in [4.69, 9.17) is 11.6 Å². The molecule has 1 saturated heterocycles. The van der Waals surface area contributed by atoms with Crippen LogP contribution in [-0.2, 0) is 0 Å². The number of piperazine rings is 1. The molecular weight excluding hydrogens is 317 g/mol. The second-order valence-electron chi connectivity index (χ2n) is 5.32. The van der Waals surface area contributed by atoms with Gasteiger partial charge < -0.3 is 5.32 Å². The maximum Gasteiger partial charge on any atom is 0.0637 e. The van der Waals surface area contributed by atoms with Gasteiger partial charge in [-0.1, -0.05) is 18.0 Å². The Morgan fingerprint density at radius 3 is 2.50 bits per heavy atom. The Morgan fingerprint density at radius 1 is 1.25 bits per heavy atom. The number of pyridine rings is 1. The molecule has 1 aliphatic carbocycles. The van der Waals surface area contributed by atoms with Crippen molar-refractivity contribution in [3.05, 3.63) is 29.0 Å². The average molecular weight is 339 g/mol. The molecule has 6 heteroatoms. The van der Waals surface area contributed by atoms with E-state index >= 15 is 0 Å². The minimum Gasteiger partial charge on any atom is -0.314 e. The van der Waals surface area contributed by atoms with Gasteiger partial charge in [0.05, 0.1) is 5.02 Å². The number of rotatable bonds is 3. The first-order valence-electron chi connectivity index (χ1n) is 6.90. The monoisotopic (exact) mass is 337 g/mol. The highest BCUT2D eigenvalue weighted by Gasteiger charge is 2.34. The van der Waals surface area contributed by atoms with Gasteiger partial charge in [-0.25, -0.2) is 0 Å². The SMILES string of the molecule is Cl.Cl.Clc1cnccc1[C@H](C1CCC1)N1CCNCC1. The molecule has 0 bridgehead atoms. The quantitative estimate of drug-likeness (QED) is 0.916. The molecule has 1 aromatic rings. The summed E-state index contributed by atoms with van der Waals surface area (Å²) < 4.78 is 0. The van der Waals surface area contributed by atoms with Gasteiger partial charge in [0, 0.05) is 44.6 Å². The molecule has 0 unspecified atom stereocenters. The first kappa shape index (κ1) is 18.0. The van der Waals surface area contributed by atoms with Crippen LogP contribution in [0.4, 0.5) is 0 Å². The van der Waals surface area contributed by atoms with E-state index in [-0.39, 0.29) is 24.8 Å². The van der Waals surface area contributed by atoms with Crippen molar-refractivity contribution in [1.82, 2.24) is 15.2 Å². The van der Waals surface area contributed by atoms with Crippen LogP contribution in [-0.4, -0.2) is 36.1 Å². The highest BCUT2D eigenvalue weighted by Crippen LogP contribution is 2.43. The van der Waals surface area contributed by atoms with Crippen molar-refractivity contribution in [3.63, 3.8) is 0 Å². The van der Waals surface area contributed by atoms with Crippen molar-refractivity contribution in [1.29, 1.82) is 0 Å². The molecule has 1 saturated carbocycles. The second kappa shape index (κ2) is 8.40. The van der Waals surface area contributed by atoms with E-state index in [2.05, 4.69) is 21.3 Å².